The molecule has 0 saturated heterocycles. The van der Waals surface area contributed by atoms with Gasteiger partial charge in [0.15, 0.2) is 12.3 Å². The first kappa shape index (κ1) is 17.7. The van der Waals surface area contributed by atoms with Crippen LogP contribution in [-0.2, 0) is 0 Å². The third kappa shape index (κ3) is 5.19. The molecule has 24 heavy (non-hydrogen) atoms. The molecule has 0 amide bonds. The second kappa shape index (κ2) is 7.25. The largest absolute Gasteiger partial charge is 0.595 e. The van der Waals surface area contributed by atoms with Gasteiger partial charge in [-0.3, -0.25) is 0 Å². The number of nitrogens with zero attached hydrogens (tertiary/aromatic N) is 3. The second-order valence-electron chi connectivity index (χ2n) is 4.43. The van der Waals surface area contributed by atoms with Gasteiger partial charge in [-0.1, -0.05) is 6.07 Å². The predicted molar refractivity (Wildman–Crippen MR) is 76.4 cm³/mol. The molecule has 0 fully saturated rings. The van der Waals surface area contributed by atoms with Crippen molar-refractivity contribution < 1.29 is 28.3 Å². The van der Waals surface area contributed by atoms with E-state index in [1.165, 1.54) is 25.2 Å². The van der Waals surface area contributed by atoms with Crippen LogP contribution < -0.4 is 20.6 Å². The van der Waals surface area contributed by atoms with E-state index in [9.17, 15) is 18.4 Å². The lowest BCUT2D eigenvalue weighted by atomic mass is 10.3. The van der Waals surface area contributed by atoms with Crippen LogP contribution in [0.1, 0.15) is 0 Å². The maximum atomic E-state index is 12.2. The Balaban J connectivity index is 2.21. The van der Waals surface area contributed by atoms with Crippen LogP contribution in [0, 0.1) is 5.21 Å². The number of nitrogens with one attached hydrogen (secondary N) is 3. The van der Waals surface area contributed by atoms with Crippen molar-refractivity contribution in [2.75, 3.05) is 24.3 Å². The van der Waals surface area contributed by atoms with Crippen LogP contribution in [0.15, 0.2) is 24.3 Å². The molecule has 0 spiro atoms. The minimum absolute atomic E-state index is 0.0148. The van der Waals surface area contributed by atoms with E-state index < -0.39 is 24.0 Å². The van der Waals surface area contributed by atoms with Crippen molar-refractivity contribution in [2.24, 2.45) is 0 Å². The van der Waals surface area contributed by atoms with Gasteiger partial charge >= 0.3 is 12.2 Å². The molecule has 4 N–H and O–H groups in total. The Morgan fingerprint density at radius 2 is 1.96 bits per heavy atom. The molecule has 0 aliphatic heterocycles. The lowest BCUT2D eigenvalue weighted by Gasteiger charge is -2.13. The molecule has 0 aliphatic carbocycles. The van der Waals surface area contributed by atoms with Gasteiger partial charge in [0, 0.05) is 24.9 Å². The molecule has 1 unspecified atom stereocenters. The molecule has 0 saturated carbocycles. The average Bonchev–Trinajstić information content (AvgIpc) is 2.52. The van der Waals surface area contributed by atoms with E-state index in [4.69, 9.17) is 5.21 Å². The van der Waals surface area contributed by atoms with E-state index in [1.54, 1.807) is 6.07 Å². The fraction of sp³-hybridized carbons (Fsp3) is 0.250. The van der Waals surface area contributed by atoms with Crippen molar-refractivity contribution >= 4 is 23.3 Å². The van der Waals surface area contributed by atoms with Crippen molar-refractivity contribution in [1.82, 2.24) is 15.0 Å². The molecule has 130 valence electrons. The summed E-state index contributed by atoms with van der Waals surface area (Å²) >= 11 is 0. The van der Waals surface area contributed by atoms with E-state index in [0.717, 1.165) is 0 Å². The normalized spacial score (nSPS) is 12.6. The highest BCUT2D eigenvalue weighted by atomic mass is 19.4. The number of ether oxygens (including phenoxy) is 1. The van der Waals surface area contributed by atoms with Crippen molar-refractivity contribution in [3.05, 3.63) is 29.5 Å². The zero-order valence-electron chi connectivity index (χ0n) is 12.3. The smallest absolute Gasteiger partial charge is 0.422 e. The highest BCUT2D eigenvalue weighted by Crippen LogP contribution is 2.20. The van der Waals surface area contributed by atoms with Gasteiger partial charge in [-0.2, -0.15) is 33.3 Å². The third-order valence-electron chi connectivity index (χ3n) is 2.57. The van der Waals surface area contributed by atoms with Crippen LogP contribution in [-0.4, -0.2) is 40.0 Å². The molecule has 2 rings (SSSR count). The molecule has 9 nitrogen and oxygen atoms in total. The Hall–Kier alpha value is -2.70. The summed E-state index contributed by atoms with van der Waals surface area (Å²) in [5, 5.41) is 24.0. The maximum Gasteiger partial charge on any atom is 0.422 e. The SMILES string of the molecule is CNc1nc(Nc2cccc([NH+]([O-])O)c2)nc(OCC(F)(F)F)n1. The minimum atomic E-state index is -4.53. The summed E-state index contributed by atoms with van der Waals surface area (Å²) < 4.78 is 41.1. The molecule has 1 heterocycles. The second-order valence-corrected chi connectivity index (χ2v) is 4.43. The summed E-state index contributed by atoms with van der Waals surface area (Å²) in [6.07, 6.45) is -4.53. The minimum Gasteiger partial charge on any atom is -0.595 e. The van der Waals surface area contributed by atoms with Gasteiger partial charge in [0.25, 0.3) is 0 Å². The van der Waals surface area contributed by atoms with Crippen LogP contribution >= 0.6 is 0 Å². The lowest BCUT2D eigenvalue weighted by Crippen LogP contribution is -2.99. The fourth-order valence-electron chi connectivity index (χ4n) is 1.59. The Bertz CT molecular complexity index is 698. The molecule has 0 bridgehead atoms. The fourth-order valence-corrected chi connectivity index (χ4v) is 1.59. The molecule has 1 atom stereocenters. The van der Waals surface area contributed by atoms with E-state index in [2.05, 4.69) is 30.3 Å². The molecule has 2 aromatic rings. The Labute approximate surface area is 133 Å². The van der Waals surface area contributed by atoms with E-state index in [-0.39, 0.29) is 17.6 Å². The third-order valence-corrected chi connectivity index (χ3v) is 2.57. The summed E-state index contributed by atoms with van der Waals surface area (Å²) in [6, 6.07) is 5.22. The monoisotopic (exact) mass is 346 g/mol. The van der Waals surface area contributed by atoms with Gasteiger partial charge in [0.2, 0.25) is 11.9 Å². The quantitative estimate of drug-likeness (QED) is 0.572. The van der Waals surface area contributed by atoms with Gasteiger partial charge in [0.1, 0.15) is 0 Å². The number of rotatable bonds is 6. The maximum absolute atomic E-state index is 12.2. The highest BCUT2D eigenvalue weighted by Gasteiger charge is 2.29. The number of alkyl halides is 3. The standard InChI is InChI=1S/C12H13F3N6O3/c1-16-9-18-10(20-11(19-9)24-6-12(13,14)15)17-7-3-2-4-8(5-7)21(22)23/h2-5,21-22H,6H2,1H3,(H2,16,17,18,19,20). The Morgan fingerprint density at radius 1 is 1.25 bits per heavy atom. The first-order chi connectivity index (χ1) is 11.3. The molecule has 12 heteroatoms. The van der Waals surface area contributed by atoms with Crippen molar-refractivity contribution in [3.63, 3.8) is 0 Å². The number of benzene rings is 1. The molecule has 1 aromatic heterocycles. The van der Waals surface area contributed by atoms with Crippen LogP contribution in [0.3, 0.4) is 0 Å². The lowest BCUT2D eigenvalue weighted by molar-refractivity contribution is -0.991. The summed E-state index contributed by atoms with van der Waals surface area (Å²) in [5.41, 5.74) is 0.362. The molecule has 0 radical (unpaired) electrons. The van der Waals surface area contributed by atoms with Gasteiger partial charge < -0.3 is 20.6 Å². The molecule has 1 aromatic carbocycles. The number of anilines is 3. The number of hydrogen-bond acceptors (Lipinski definition) is 8. The topological polar surface area (TPSA) is 120 Å². The first-order valence-corrected chi connectivity index (χ1v) is 6.50. The highest BCUT2D eigenvalue weighted by molar-refractivity contribution is 5.58. The van der Waals surface area contributed by atoms with Crippen molar-refractivity contribution in [1.29, 1.82) is 0 Å². The van der Waals surface area contributed by atoms with E-state index in [1.807, 2.05) is 0 Å². The summed E-state index contributed by atoms with van der Waals surface area (Å²) in [6.45, 7) is -1.55. The van der Waals surface area contributed by atoms with Crippen molar-refractivity contribution in [2.45, 2.75) is 6.18 Å². The first-order valence-electron chi connectivity index (χ1n) is 6.50. The molecule has 0 aliphatic rings. The van der Waals surface area contributed by atoms with Gasteiger partial charge in [-0.15, -0.1) is 0 Å². The number of halogens is 3. The molecular formula is C12H13F3N6O3. The summed E-state index contributed by atoms with van der Waals surface area (Å²) in [5.74, 6) is -0.117. The van der Waals surface area contributed by atoms with Crippen LogP contribution in [0.25, 0.3) is 0 Å². The zero-order valence-corrected chi connectivity index (χ0v) is 12.3. The van der Waals surface area contributed by atoms with Crippen molar-refractivity contribution in [3.8, 4) is 6.01 Å². The number of quaternary nitrogens is 1. The Morgan fingerprint density at radius 3 is 2.58 bits per heavy atom. The predicted octanol–water partition coefficient (Wildman–Crippen LogP) is 1.00. The van der Waals surface area contributed by atoms with Crippen LogP contribution in [0.5, 0.6) is 6.01 Å². The zero-order chi connectivity index (χ0) is 17.7. The number of aromatic nitrogens is 3. The van der Waals surface area contributed by atoms with Gasteiger partial charge in [-0.05, 0) is 6.07 Å². The molecular weight excluding hydrogens is 333 g/mol. The van der Waals surface area contributed by atoms with E-state index >= 15 is 0 Å². The van der Waals surface area contributed by atoms with Gasteiger partial charge in [-0.25, -0.2) is 5.21 Å². The summed E-state index contributed by atoms with van der Waals surface area (Å²) in [4.78, 5) is 11.3. The van der Waals surface area contributed by atoms with Crippen LogP contribution in [0.4, 0.5) is 36.4 Å². The summed E-state index contributed by atoms with van der Waals surface area (Å²) in [7, 11) is 1.47. The Kier molecular flexibility index (Phi) is 5.33. The van der Waals surface area contributed by atoms with E-state index in [0.29, 0.717) is 5.69 Å². The average molecular weight is 346 g/mol. The van der Waals surface area contributed by atoms with Crippen LogP contribution in [0.2, 0.25) is 0 Å². The van der Waals surface area contributed by atoms with Gasteiger partial charge in [0.05, 0.1) is 0 Å². The number of hydrogen-bond donors (Lipinski definition) is 4.